The van der Waals surface area contributed by atoms with Crippen LogP contribution in [0.2, 0.25) is 0 Å². The van der Waals surface area contributed by atoms with E-state index in [4.69, 9.17) is 30.9 Å². The van der Waals surface area contributed by atoms with Crippen LogP contribution in [0.4, 0.5) is 4.79 Å². The van der Waals surface area contributed by atoms with E-state index in [-0.39, 0.29) is 24.8 Å². The summed E-state index contributed by atoms with van der Waals surface area (Å²) in [5.74, 6) is 5.38. The first-order valence-electron chi connectivity index (χ1n) is 9.40. The number of carbonyl (C=O) groups is 2. The highest BCUT2D eigenvalue weighted by Crippen LogP contribution is 2.25. The van der Waals surface area contributed by atoms with Crippen molar-refractivity contribution < 1.29 is 28.9 Å². The number of rotatable bonds is 7. The molecule has 1 aliphatic heterocycles. The molecular formula is C19H29N5O6. The van der Waals surface area contributed by atoms with Crippen LogP contribution in [0, 0.1) is 6.92 Å². The second-order valence-corrected chi connectivity index (χ2v) is 7.16. The number of nitrogens with zero attached hydrogens (tertiary/aromatic N) is 3. The molecule has 5 N–H and O–H groups in total. The summed E-state index contributed by atoms with van der Waals surface area (Å²) < 4.78 is 16.3. The van der Waals surface area contributed by atoms with Gasteiger partial charge in [0.05, 0.1) is 29.4 Å². The van der Waals surface area contributed by atoms with E-state index < -0.39 is 18.2 Å². The Morgan fingerprint density at radius 2 is 2.03 bits per heavy atom. The number of hydrazine groups is 1. The Morgan fingerprint density at radius 3 is 2.60 bits per heavy atom. The molecule has 1 aromatic heterocycles. The van der Waals surface area contributed by atoms with Crippen molar-refractivity contribution in [1.29, 1.82) is 0 Å². The molecule has 11 nitrogen and oxygen atoms in total. The number of ether oxygens (including phenoxy) is 3. The number of aryl methyl sites for hydroxylation is 1. The summed E-state index contributed by atoms with van der Waals surface area (Å²) >= 11 is 0. The Balaban J connectivity index is 2.16. The van der Waals surface area contributed by atoms with Crippen molar-refractivity contribution in [3.63, 3.8) is 0 Å². The van der Waals surface area contributed by atoms with E-state index in [0.717, 1.165) is 0 Å². The minimum absolute atomic E-state index is 0.118. The lowest BCUT2D eigenvalue weighted by Crippen LogP contribution is -2.37. The zero-order chi connectivity index (χ0) is 22.4. The highest BCUT2D eigenvalue weighted by atomic mass is 16.6. The van der Waals surface area contributed by atoms with Crippen LogP contribution in [-0.4, -0.2) is 78.6 Å². The maximum atomic E-state index is 11.7. The molecule has 1 fully saturated rings. The van der Waals surface area contributed by atoms with Gasteiger partial charge in [0.1, 0.15) is 18.5 Å². The van der Waals surface area contributed by atoms with Gasteiger partial charge < -0.3 is 35.0 Å². The molecule has 0 aliphatic carbocycles. The third-order valence-corrected chi connectivity index (χ3v) is 4.55. The molecule has 0 spiro atoms. The van der Waals surface area contributed by atoms with Crippen LogP contribution < -0.4 is 16.3 Å². The smallest absolute Gasteiger partial charge is 0.409 e. The molecule has 30 heavy (non-hydrogen) atoms. The van der Waals surface area contributed by atoms with E-state index in [2.05, 4.69) is 4.98 Å². The average molecular weight is 423 g/mol. The topological polar surface area (TPSA) is 153 Å². The molecule has 2 rings (SSSR count). The molecule has 1 saturated heterocycles. The van der Waals surface area contributed by atoms with E-state index >= 15 is 0 Å². The quantitative estimate of drug-likeness (QED) is 0.418. The van der Waals surface area contributed by atoms with Crippen LogP contribution in [0.3, 0.4) is 0 Å². The van der Waals surface area contributed by atoms with Crippen molar-refractivity contribution in [3.8, 4) is 5.75 Å². The first-order valence-corrected chi connectivity index (χ1v) is 9.40. The summed E-state index contributed by atoms with van der Waals surface area (Å²) in [6, 6.07) is 3.39. The monoisotopic (exact) mass is 423 g/mol. The number of amides is 1. The number of pyridine rings is 1. The number of hydrogen-bond donors (Lipinski definition) is 3. The molecule has 0 bridgehead atoms. The van der Waals surface area contributed by atoms with Crippen molar-refractivity contribution in [2.24, 2.45) is 11.6 Å². The van der Waals surface area contributed by atoms with E-state index in [9.17, 15) is 9.59 Å². The molecule has 2 heterocycles. The van der Waals surface area contributed by atoms with Gasteiger partial charge in [-0.2, -0.15) is 0 Å². The van der Waals surface area contributed by atoms with Crippen molar-refractivity contribution in [3.05, 3.63) is 29.2 Å². The summed E-state index contributed by atoms with van der Waals surface area (Å²) in [5, 5.41) is 10.4. The molecule has 0 aromatic carbocycles. The predicted molar refractivity (Wildman–Crippen MR) is 108 cm³/mol. The summed E-state index contributed by atoms with van der Waals surface area (Å²) in [6.07, 6.45) is -0.826. The second-order valence-electron chi connectivity index (χ2n) is 7.16. The van der Waals surface area contributed by atoms with Gasteiger partial charge in [0.15, 0.2) is 6.10 Å². The van der Waals surface area contributed by atoms with Crippen LogP contribution in [0.25, 0.3) is 5.70 Å². The Morgan fingerprint density at radius 1 is 1.33 bits per heavy atom. The van der Waals surface area contributed by atoms with E-state index in [1.807, 2.05) is 0 Å². The number of nitrogens with two attached hydrogens (primary N) is 2. The summed E-state index contributed by atoms with van der Waals surface area (Å²) in [6.45, 7) is 1.96. The molecule has 1 aliphatic rings. The Bertz CT molecular complexity index is 811. The van der Waals surface area contributed by atoms with Crippen LogP contribution in [0.5, 0.6) is 5.75 Å². The minimum atomic E-state index is -1.00. The van der Waals surface area contributed by atoms with Crippen LogP contribution >= 0.6 is 0 Å². The molecule has 166 valence electrons. The molecule has 1 aromatic rings. The zero-order valence-corrected chi connectivity index (χ0v) is 17.6. The minimum Gasteiger partial charge on any atom is -0.488 e. The summed E-state index contributed by atoms with van der Waals surface area (Å²) in [5.41, 5.74) is 7.91. The maximum Gasteiger partial charge on any atom is 0.409 e. The normalized spacial score (nSPS) is 19.5. The van der Waals surface area contributed by atoms with Crippen molar-refractivity contribution >= 4 is 17.8 Å². The molecular weight excluding hydrogens is 394 g/mol. The molecule has 11 heteroatoms. The van der Waals surface area contributed by atoms with Gasteiger partial charge in [0.2, 0.25) is 0 Å². The number of aromatic nitrogens is 1. The third kappa shape index (κ3) is 5.97. The summed E-state index contributed by atoms with van der Waals surface area (Å²) in [7, 11) is 4.73. The van der Waals surface area contributed by atoms with Gasteiger partial charge in [-0.15, -0.1) is 0 Å². The first-order chi connectivity index (χ1) is 14.1. The van der Waals surface area contributed by atoms with Gasteiger partial charge in [-0.05, 0) is 19.1 Å². The van der Waals surface area contributed by atoms with Crippen molar-refractivity contribution in [2.75, 3.05) is 34.4 Å². The van der Waals surface area contributed by atoms with Gasteiger partial charge in [-0.1, -0.05) is 0 Å². The number of hydrogen-bond acceptors (Lipinski definition) is 9. The highest BCUT2D eigenvalue weighted by molar-refractivity contribution is 5.72. The van der Waals surface area contributed by atoms with E-state index in [0.29, 0.717) is 35.9 Å². The molecule has 0 saturated carbocycles. The zero-order valence-electron chi connectivity index (χ0n) is 17.6. The van der Waals surface area contributed by atoms with Crippen LogP contribution in [0.1, 0.15) is 24.2 Å². The third-order valence-electron chi connectivity index (χ3n) is 4.55. The Hall–Kier alpha value is -3.05. The predicted octanol–water partition coefficient (Wildman–Crippen LogP) is 0.532. The molecule has 2 unspecified atom stereocenters. The van der Waals surface area contributed by atoms with E-state index in [1.54, 1.807) is 40.2 Å². The maximum absolute atomic E-state index is 11.7. The largest absolute Gasteiger partial charge is 0.488 e. The fourth-order valence-electron chi connectivity index (χ4n) is 2.82. The SMILES string of the molecule is Cc1nc(/C(N)=C(\COC(=O)N(C)C)N(C)N)ccc1OC1CCOC(C(=O)O)C1. The highest BCUT2D eigenvalue weighted by Gasteiger charge is 2.29. The van der Waals surface area contributed by atoms with Gasteiger partial charge >= 0.3 is 12.1 Å². The lowest BCUT2D eigenvalue weighted by molar-refractivity contribution is -0.156. The number of carbonyl (C=O) groups excluding carboxylic acids is 1. The average Bonchev–Trinajstić information content (AvgIpc) is 2.69. The van der Waals surface area contributed by atoms with Crippen molar-refractivity contribution in [2.45, 2.75) is 32.0 Å². The van der Waals surface area contributed by atoms with Crippen LogP contribution in [-0.2, 0) is 14.3 Å². The van der Waals surface area contributed by atoms with Gasteiger partial charge in [0, 0.05) is 34.0 Å². The Labute approximate surface area is 175 Å². The standard InChI is InChI=1S/C19H29N5O6/c1-11-15(30-12-7-8-28-16(9-12)18(25)26)6-5-13(22-11)17(20)14(24(4)21)10-29-19(27)23(2)3/h5-6,12,16H,7-10,20-21H2,1-4H3,(H,25,26)/b17-14-. The van der Waals surface area contributed by atoms with Crippen molar-refractivity contribution in [1.82, 2.24) is 14.9 Å². The lowest BCUT2D eigenvalue weighted by atomic mass is 10.1. The number of carboxylic acid groups (broad SMARTS) is 1. The van der Waals surface area contributed by atoms with E-state index in [1.165, 1.54) is 9.91 Å². The number of aliphatic carboxylic acids is 1. The molecule has 2 atom stereocenters. The summed E-state index contributed by atoms with van der Waals surface area (Å²) in [4.78, 5) is 28.6. The van der Waals surface area contributed by atoms with Crippen LogP contribution in [0.15, 0.2) is 17.8 Å². The molecule has 0 radical (unpaired) electrons. The second kappa shape index (κ2) is 10.1. The van der Waals surface area contributed by atoms with Gasteiger partial charge in [-0.25, -0.2) is 20.4 Å². The van der Waals surface area contributed by atoms with Gasteiger partial charge in [0.25, 0.3) is 0 Å². The Kier molecular flexibility index (Phi) is 7.84. The number of likely N-dealkylation sites (N-methyl/N-ethyl adjacent to an activating group) is 1. The number of carboxylic acids is 1. The first kappa shape index (κ1) is 23.2. The fourth-order valence-corrected chi connectivity index (χ4v) is 2.82. The molecule has 1 amide bonds. The van der Waals surface area contributed by atoms with Gasteiger partial charge in [-0.3, -0.25) is 0 Å². The lowest BCUT2D eigenvalue weighted by Gasteiger charge is -2.28. The fraction of sp³-hybridized carbons (Fsp3) is 0.526.